The molecule has 1 heterocycles. The van der Waals surface area contributed by atoms with E-state index in [-0.39, 0.29) is 12.4 Å². The summed E-state index contributed by atoms with van der Waals surface area (Å²) in [5, 5.41) is 0.908. The van der Waals surface area contributed by atoms with Crippen molar-refractivity contribution in [2.45, 2.75) is 6.61 Å². The molecule has 1 aromatic heterocycles. The van der Waals surface area contributed by atoms with Gasteiger partial charge >= 0.3 is 0 Å². The lowest BCUT2D eigenvalue weighted by Crippen LogP contribution is -2.01. The largest absolute Gasteiger partial charge is 0.487 e. The van der Waals surface area contributed by atoms with Crippen LogP contribution < -0.4 is 4.74 Å². The number of fused-ring (bicyclic) bond motifs is 1. The van der Waals surface area contributed by atoms with E-state index in [4.69, 9.17) is 9.72 Å². The van der Waals surface area contributed by atoms with Gasteiger partial charge in [-0.05, 0) is 75.5 Å². The number of aromatic nitrogens is 1. The number of benzene rings is 3. The quantitative estimate of drug-likeness (QED) is 0.243. The third-order valence-electron chi connectivity index (χ3n) is 3.86. The molecule has 0 atom stereocenters. The summed E-state index contributed by atoms with van der Waals surface area (Å²) < 4.78 is 23.2. The maximum atomic E-state index is 13.9. The van der Waals surface area contributed by atoms with Crippen molar-refractivity contribution in [3.8, 4) is 16.3 Å². The van der Waals surface area contributed by atoms with Gasteiger partial charge in [0.25, 0.3) is 0 Å². The average Bonchev–Trinajstić information content (AvgIpc) is 3.06. The third-order valence-corrected chi connectivity index (χ3v) is 6.36. The lowest BCUT2D eigenvalue weighted by atomic mass is 10.2. The number of hydrogen-bond acceptors (Lipinski definition) is 3. The zero-order valence-corrected chi connectivity index (χ0v) is 18.5. The highest BCUT2D eigenvalue weighted by Crippen LogP contribution is 2.40. The van der Waals surface area contributed by atoms with Crippen molar-refractivity contribution in [1.82, 2.24) is 4.98 Å². The predicted octanol–water partition coefficient (Wildman–Crippen LogP) is 6.89. The molecule has 0 amide bonds. The molecule has 0 saturated heterocycles. The summed E-state index contributed by atoms with van der Waals surface area (Å²) in [6.45, 7) is 0.182. The molecule has 0 spiro atoms. The van der Waals surface area contributed by atoms with E-state index in [0.29, 0.717) is 5.56 Å². The van der Waals surface area contributed by atoms with Gasteiger partial charge in [0.2, 0.25) is 0 Å². The maximum Gasteiger partial charge on any atom is 0.143 e. The number of nitrogens with zero attached hydrogens (tertiary/aromatic N) is 1. The fraction of sp³-hybridized carbons (Fsp3) is 0.0500. The van der Waals surface area contributed by atoms with Crippen LogP contribution in [0.1, 0.15) is 5.56 Å². The van der Waals surface area contributed by atoms with Crippen molar-refractivity contribution in [3.05, 3.63) is 79.2 Å². The topological polar surface area (TPSA) is 22.1 Å². The van der Waals surface area contributed by atoms with Crippen molar-refractivity contribution in [1.29, 1.82) is 0 Å². The highest BCUT2D eigenvalue weighted by Gasteiger charge is 2.16. The zero-order valence-electron chi connectivity index (χ0n) is 13.4. The fourth-order valence-electron chi connectivity index (χ4n) is 2.62. The summed E-state index contributed by atoms with van der Waals surface area (Å²) in [5.41, 5.74) is 2.46. The molecular formula is C20H12FI2NOS. The van der Waals surface area contributed by atoms with Crippen LogP contribution in [0.25, 0.3) is 20.8 Å². The molecule has 0 saturated carbocycles. The van der Waals surface area contributed by atoms with E-state index >= 15 is 0 Å². The van der Waals surface area contributed by atoms with Crippen molar-refractivity contribution in [3.63, 3.8) is 0 Å². The smallest absolute Gasteiger partial charge is 0.143 e. The van der Waals surface area contributed by atoms with Crippen molar-refractivity contribution in [2.24, 2.45) is 0 Å². The fourth-order valence-corrected chi connectivity index (χ4v) is 5.60. The first-order valence-corrected chi connectivity index (χ1v) is 10.8. The van der Waals surface area contributed by atoms with Crippen LogP contribution in [0.3, 0.4) is 0 Å². The molecule has 0 aliphatic rings. The SMILES string of the molecule is Fc1ccccc1COc1c(I)cc(I)cc1-c1nc2ccccc2s1. The first kappa shape index (κ1) is 18.1. The summed E-state index contributed by atoms with van der Waals surface area (Å²) in [4.78, 5) is 4.76. The zero-order chi connectivity index (χ0) is 18.1. The summed E-state index contributed by atoms with van der Waals surface area (Å²) >= 11 is 6.19. The highest BCUT2D eigenvalue weighted by molar-refractivity contribution is 14.1. The normalized spacial score (nSPS) is 11.0. The first-order chi connectivity index (χ1) is 12.6. The molecule has 0 unspecified atom stereocenters. The summed E-state index contributed by atoms with van der Waals surface area (Å²) in [6, 6.07) is 18.9. The summed E-state index contributed by atoms with van der Waals surface area (Å²) in [5.74, 6) is 0.489. The van der Waals surface area contributed by atoms with Gasteiger partial charge < -0.3 is 4.74 Å². The minimum atomic E-state index is -0.255. The van der Waals surface area contributed by atoms with E-state index in [0.717, 1.165) is 33.7 Å². The van der Waals surface area contributed by atoms with Crippen LogP contribution in [0.4, 0.5) is 4.39 Å². The van der Waals surface area contributed by atoms with Crippen LogP contribution in [-0.2, 0) is 6.61 Å². The van der Waals surface area contributed by atoms with Crippen LogP contribution in [0.2, 0.25) is 0 Å². The minimum Gasteiger partial charge on any atom is -0.487 e. The molecule has 0 N–H and O–H groups in total. The molecule has 26 heavy (non-hydrogen) atoms. The number of halogens is 3. The number of ether oxygens (including phenoxy) is 1. The van der Waals surface area contributed by atoms with Crippen LogP contribution in [0, 0.1) is 13.0 Å². The summed E-state index contributed by atoms with van der Waals surface area (Å²) in [6.07, 6.45) is 0. The number of thiazole rings is 1. The van der Waals surface area contributed by atoms with Gasteiger partial charge in [-0.2, -0.15) is 0 Å². The summed E-state index contributed by atoms with van der Waals surface area (Å²) in [7, 11) is 0. The van der Waals surface area contributed by atoms with Crippen LogP contribution >= 0.6 is 56.5 Å². The predicted molar refractivity (Wildman–Crippen MR) is 121 cm³/mol. The van der Waals surface area contributed by atoms with Gasteiger partial charge in [-0.1, -0.05) is 30.3 Å². The minimum absolute atomic E-state index is 0.182. The Bertz CT molecular complexity index is 1060. The molecule has 0 radical (unpaired) electrons. The Morgan fingerprint density at radius 2 is 1.77 bits per heavy atom. The van der Waals surface area contributed by atoms with E-state index < -0.39 is 0 Å². The van der Waals surface area contributed by atoms with Crippen LogP contribution in [-0.4, -0.2) is 4.98 Å². The molecule has 0 aliphatic carbocycles. The lowest BCUT2D eigenvalue weighted by Gasteiger charge is -2.13. The standard InChI is InChI=1S/C20H12FI2NOS/c21-15-6-2-1-5-12(15)11-25-19-14(9-13(22)10-16(19)23)20-24-17-7-3-4-8-18(17)26-20/h1-10H,11H2. The Morgan fingerprint density at radius 3 is 2.58 bits per heavy atom. The van der Waals surface area contributed by atoms with Gasteiger partial charge in [0.1, 0.15) is 23.2 Å². The van der Waals surface area contributed by atoms with E-state index in [2.05, 4.69) is 63.4 Å². The monoisotopic (exact) mass is 587 g/mol. The van der Waals surface area contributed by atoms with E-state index in [1.54, 1.807) is 23.5 Å². The average molecular weight is 587 g/mol. The van der Waals surface area contributed by atoms with Gasteiger partial charge in [-0.3, -0.25) is 0 Å². The molecule has 0 bridgehead atoms. The Hall–Kier alpha value is -1.26. The molecule has 2 nitrogen and oxygen atoms in total. The first-order valence-electron chi connectivity index (χ1n) is 7.83. The van der Waals surface area contributed by atoms with E-state index in [1.165, 1.54) is 6.07 Å². The Labute approximate surface area is 181 Å². The van der Waals surface area contributed by atoms with Crippen molar-refractivity contribution >= 4 is 66.7 Å². The number of rotatable bonds is 4. The van der Waals surface area contributed by atoms with Gasteiger partial charge in [0.05, 0.1) is 19.4 Å². The molecule has 130 valence electrons. The lowest BCUT2D eigenvalue weighted by molar-refractivity contribution is 0.299. The highest BCUT2D eigenvalue weighted by atomic mass is 127. The Morgan fingerprint density at radius 1 is 1.00 bits per heavy atom. The molecule has 4 rings (SSSR count). The molecule has 4 aromatic rings. The maximum absolute atomic E-state index is 13.9. The second-order valence-electron chi connectivity index (χ2n) is 5.63. The Balaban J connectivity index is 1.75. The molecule has 0 fully saturated rings. The second kappa shape index (κ2) is 7.77. The van der Waals surface area contributed by atoms with Gasteiger partial charge in [0, 0.05) is 9.13 Å². The third kappa shape index (κ3) is 3.72. The van der Waals surface area contributed by atoms with E-state index in [1.807, 2.05) is 24.3 Å². The van der Waals surface area contributed by atoms with E-state index in [9.17, 15) is 4.39 Å². The van der Waals surface area contributed by atoms with Crippen LogP contribution in [0.15, 0.2) is 60.7 Å². The van der Waals surface area contributed by atoms with Crippen LogP contribution in [0.5, 0.6) is 5.75 Å². The van der Waals surface area contributed by atoms with Gasteiger partial charge in [0.15, 0.2) is 0 Å². The Kier molecular flexibility index (Phi) is 5.42. The second-order valence-corrected chi connectivity index (χ2v) is 9.07. The number of hydrogen-bond donors (Lipinski definition) is 0. The molecular weight excluding hydrogens is 575 g/mol. The molecule has 6 heteroatoms. The van der Waals surface area contributed by atoms with Gasteiger partial charge in [-0.25, -0.2) is 9.37 Å². The number of para-hydroxylation sites is 1. The molecule has 3 aromatic carbocycles. The molecule has 0 aliphatic heterocycles. The van der Waals surface area contributed by atoms with Gasteiger partial charge in [-0.15, -0.1) is 11.3 Å². The van der Waals surface area contributed by atoms with Crippen molar-refractivity contribution in [2.75, 3.05) is 0 Å². The van der Waals surface area contributed by atoms with Crippen molar-refractivity contribution < 1.29 is 9.13 Å².